The van der Waals surface area contributed by atoms with Crippen molar-refractivity contribution in [3.63, 3.8) is 0 Å². The first kappa shape index (κ1) is 26.7. The second-order valence-electron chi connectivity index (χ2n) is 8.03. The molecule has 0 saturated carbocycles. The Labute approximate surface area is 196 Å². The smallest absolute Gasteiger partial charge is 0.0412 e. The van der Waals surface area contributed by atoms with E-state index in [4.69, 9.17) is 11.6 Å². The van der Waals surface area contributed by atoms with E-state index in [2.05, 4.69) is 95.8 Å². The van der Waals surface area contributed by atoms with Gasteiger partial charge in [0.05, 0.1) is 0 Å². The van der Waals surface area contributed by atoms with E-state index in [9.17, 15) is 0 Å². The molecule has 1 heteroatoms. The molecule has 166 valence electrons. The van der Waals surface area contributed by atoms with E-state index in [1.165, 1.54) is 39.8 Å². The van der Waals surface area contributed by atoms with Crippen LogP contribution in [0.5, 0.6) is 0 Å². The molecule has 0 aromatic heterocycles. The molecule has 0 spiro atoms. The van der Waals surface area contributed by atoms with E-state index in [0.29, 0.717) is 0 Å². The van der Waals surface area contributed by atoms with Crippen molar-refractivity contribution in [2.24, 2.45) is 5.92 Å². The van der Waals surface area contributed by atoms with Gasteiger partial charge in [-0.05, 0) is 86.4 Å². The first-order chi connectivity index (χ1) is 14.8. The summed E-state index contributed by atoms with van der Waals surface area (Å²) in [5, 5.41) is 0.774. The summed E-state index contributed by atoms with van der Waals surface area (Å²) in [5.74, 6) is 0.763. The van der Waals surface area contributed by atoms with Crippen LogP contribution in [0.2, 0.25) is 5.02 Å². The summed E-state index contributed by atoms with van der Waals surface area (Å²) in [6.07, 6.45) is 8.84. The van der Waals surface area contributed by atoms with Crippen molar-refractivity contribution in [2.45, 2.75) is 61.3 Å². The highest BCUT2D eigenvalue weighted by atomic mass is 35.5. The van der Waals surface area contributed by atoms with E-state index in [-0.39, 0.29) is 0 Å². The minimum Gasteiger partial charge on any atom is -0.0958 e. The van der Waals surface area contributed by atoms with Gasteiger partial charge in [0.2, 0.25) is 0 Å². The van der Waals surface area contributed by atoms with E-state index in [0.717, 1.165) is 22.9 Å². The number of allylic oxidation sites excluding steroid dienone is 7. The van der Waals surface area contributed by atoms with Crippen LogP contribution < -0.4 is 0 Å². The highest BCUT2D eigenvalue weighted by Gasteiger charge is 2.11. The molecule has 0 nitrogen and oxygen atoms in total. The van der Waals surface area contributed by atoms with E-state index >= 15 is 0 Å². The Morgan fingerprint density at radius 1 is 1.03 bits per heavy atom. The Morgan fingerprint density at radius 3 is 2.19 bits per heavy atom. The fraction of sp³-hybridized carbons (Fsp3) is 0.333. The van der Waals surface area contributed by atoms with Gasteiger partial charge in [0.15, 0.2) is 0 Å². The Balaban J connectivity index is 0.000000400. The van der Waals surface area contributed by atoms with Crippen molar-refractivity contribution in [3.05, 3.63) is 112 Å². The molecule has 0 fully saturated rings. The fourth-order valence-corrected chi connectivity index (χ4v) is 3.41. The molecule has 0 bridgehead atoms. The lowest BCUT2D eigenvalue weighted by molar-refractivity contribution is 0.731. The topological polar surface area (TPSA) is 0 Å². The maximum atomic E-state index is 6.20. The third-order valence-electron chi connectivity index (χ3n) is 5.34. The molecule has 0 aliphatic heterocycles. The van der Waals surface area contributed by atoms with Crippen molar-refractivity contribution >= 4 is 17.2 Å². The zero-order valence-corrected chi connectivity index (χ0v) is 21.2. The standard InChI is InChI=1S/C20H21Cl.C8H12.C2H6/c1-14(2)16(4)20(12-17-8-6-5-7-9-17)19-13-18(21)11-10-15(19)3;1-7-3-5-8(2)6-4-7;1-2/h5-11,13H,1,12H2,2-4H3;3-5,8H,6H2,1-2H3;1-2H3/b20-16+;;. The average Bonchev–Trinajstić information content (AvgIpc) is 2.78. The molecule has 2 aromatic rings. The third-order valence-corrected chi connectivity index (χ3v) is 5.58. The van der Waals surface area contributed by atoms with Crippen LogP contribution in [0.4, 0.5) is 0 Å². The van der Waals surface area contributed by atoms with E-state index < -0.39 is 0 Å². The molecule has 1 atom stereocenters. The van der Waals surface area contributed by atoms with Crippen molar-refractivity contribution in [3.8, 4) is 0 Å². The molecule has 1 aliphatic rings. The summed E-state index contributed by atoms with van der Waals surface area (Å²) in [6, 6.07) is 16.6. The van der Waals surface area contributed by atoms with Crippen LogP contribution in [0.3, 0.4) is 0 Å². The van der Waals surface area contributed by atoms with Gasteiger partial charge in [-0.15, -0.1) is 0 Å². The second-order valence-corrected chi connectivity index (χ2v) is 8.46. The molecule has 0 saturated heterocycles. The van der Waals surface area contributed by atoms with Gasteiger partial charge in [0, 0.05) is 5.02 Å². The molecule has 0 amide bonds. The van der Waals surface area contributed by atoms with Crippen LogP contribution in [0.15, 0.2) is 90.1 Å². The van der Waals surface area contributed by atoms with Crippen LogP contribution in [0.1, 0.15) is 64.7 Å². The van der Waals surface area contributed by atoms with Crippen molar-refractivity contribution in [1.29, 1.82) is 0 Å². The zero-order valence-electron chi connectivity index (χ0n) is 20.4. The van der Waals surface area contributed by atoms with Gasteiger partial charge < -0.3 is 0 Å². The summed E-state index contributed by atoms with van der Waals surface area (Å²) in [7, 11) is 0. The average molecular weight is 435 g/mol. The molecule has 0 N–H and O–H groups in total. The number of hydrogen-bond acceptors (Lipinski definition) is 0. The van der Waals surface area contributed by atoms with Crippen LogP contribution in [0.25, 0.3) is 5.57 Å². The monoisotopic (exact) mass is 434 g/mol. The van der Waals surface area contributed by atoms with Crippen LogP contribution in [0, 0.1) is 12.8 Å². The van der Waals surface area contributed by atoms with E-state index in [1.807, 2.05) is 26.0 Å². The van der Waals surface area contributed by atoms with Crippen LogP contribution in [-0.4, -0.2) is 0 Å². The van der Waals surface area contributed by atoms with Gasteiger partial charge in [0.1, 0.15) is 0 Å². The molecule has 3 rings (SSSR count). The predicted octanol–water partition coefficient (Wildman–Crippen LogP) is 9.80. The van der Waals surface area contributed by atoms with Gasteiger partial charge >= 0.3 is 0 Å². The third kappa shape index (κ3) is 9.15. The second kappa shape index (κ2) is 13.9. The molecular weight excluding hydrogens is 396 g/mol. The largest absolute Gasteiger partial charge is 0.0958 e. The highest BCUT2D eigenvalue weighted by molar-refractivity contribution is 6.30. The number of aryl methyl sites for hydroxylation is 1. The van der Waals surface area contributed by atoms with Crippen molar-refractivity contribution in [2.75, 3.05) is 0 Å². The Hall–Kier alpha value is -2.31. The highest BCUT2D eigenvalue weighted by Crippen LogP contribution is 2.30. The van der Waals surface area contributed by atoms with Gasteiger partial charge in [-0.2, -0.15) is 0 Å². The quantitative estimate of drug-likeness (QED) is 0.420. The molecule has 2 aromatic carbocycles. The number of halogens is 1. The SMILES string of the molecule is C=C(C)/C(C)=C(\Cc1ccccc1)c1cc(Cl)ccc1C.CC.CC1=CCC(C)C=C1. The normalized spacial score (nSPS) is 15.5. The predicted molar refractivity (Wildman–Crippen MR) is 142 cm³/mol. The van der Waals surface area contributed by atoms with Gasteiger partial charge in [0.25, 0.3) is 0 Å². The molecule has 1 unspecified atom stereocenters. The fourth-order valence-electron chi connectivity index (χ4n) is 3.24. The number of hydrogen-bond donors (Lipinski definition) is 0. The van der Waals surface area contributed by atoms with Gasteiger partial charge in [-0.3, -0.25) is 0 Å². The molecule has 1 aliphatic carbocycles. The van der Waals surface area contributed by atoms with Crippen LogP contribution >= 0.6 is 11.6 Å². The number of rotatable bonds is 4. The van der Waals surface area contributed by atoms with Crippen molar-refractivity contribution in [1.82, 2.24) is 0 Å². The molecule has 0 radical (unpaired) electrons. The maximum absolute atomic E-state index is 6.20. The lowest BCUT2D eigenvalue weighted by atomic mass is 9.89. The summed E-state index contributed by atoms with van der Waals surface area (Å²) in [4.78, 5) is 0. The summed E-state index contributed by atoms with van der Waals surface area (Å²) in [5.41, 5.74) is 8.80. The lowest BCUT2D eigenvalue weighted by Crippen LogP contribution is -1.98. The Bertz CT molecular complexity index is 926. The minimum atomic E-state index is 0.763. The molecule has 0 heterocycles. The lowest BCUT2D eigenvalue weighted by Gasteiger charge is -2.16. The zero-order chi connectivity index (χ0) is 23.4. The summed E-state index contributed by atoms with van der Waals surface area (Å²) < 4.78 is 0. The van der Waals surface area contributed by atoms with Gasteiger partial charge in [-0.25, -0.2) is 0 Å². The summed E-state index contributed by atoms with van der Waals surface area (Å²) >= 11 is 6.20. The first-order valence-electron chi connectivity index (χ1n) is 11.3. The molecular formula is C30H39Cl. The molecule has 31 heavy (non-hydrogen) atoms. The maximum Gasteiger partial charge on any atom is 0.0412 e. The van der Waals surface area contributed by atoms with E-state index in [1.54, 1.807) is 0 Å². The summed E-state index contributed by atoms with van der Waals surface area (Å²) in [6.45, 7) is 18.8. The minimum absolute atomic E-state index is 0.763. The van der Waals surface area contributed by atoms with Gasteiger partial charge in [-0.1, -0.05) is 105 Å². The van der Waals surface area contributed by atoms with Crippen molar-refractivity contribution < 1.29 is 0 Å². The Morgan fingerprint density at radius 2 is 1.68 bits per heavy atom. The van der Waals surface area contributed by atoms with Crippen LogP contribution in [-0.2, 0) is 6.42 Å². The number of benzene rings is 2. The first-order valence-corrected chi connectivity index (χ1v) is 11.7. The Kier molecular flexibility index (Phi) is 12.0.